The van der Waals surface area contributed by atoms with Crippen molar-refractivity contribution in [3.8, 4) is 0 Å². The van der Waals surface area contributed by atoms with Gasteiger partial charge in [-0.15, -0.1) is 0 Å². The van der Waals surface area contributed by atoms with Gasteiger partial charge in [0, 0.05) is 6.04 Å². The molecule has 0 saturated carbocycles. The van der Waals surface area contributed by atoms with Gasteiger partial charge < -0.3 is 5.32 Å². The van der Waals surface area contributed by atoms with Crippen molar-refractivity contribution in [2.75, 3.05) is 6.54 Å². The minimum absolute atomic E-state index is 0.573. The lowest BCUT2D eigenvalue weighted by molar-refractivity contribution is 0.414. The SMILES string of the molecule is c1cc2c3c(ccc(C4CCCCN4)c3c1)CC2. The molecule has 4 rings (SSSR count). The van der Waals surface area contributed by atoms with Crippen molar-refractivity contribution >= 4 is 10.8 Å². The van der Waals surface area contributed by atoms with Crippen LogP contribution in [0, 0.1) is 0 Å². The molecule has 1 saturated heterocycles. The molecule has 92 valence electrons. The van der Waals surface area contributed by atoms with E-state index in [4.69, 9.17) is 0 Å². The normalized spacial score (nSPS) is 22.6. The topological polar surface area (TPSA) is 12.0 Å². The van der Waals surface area contributed by atoms with E-state index in [1.807, 2.05) is 0 Å². The summed E-state index contributed by atoms with van der Waals surface area (Å²) < 4.78 is 0. The van der Waals surface area contributed by atoms with Crippen LogP contribution in [0.4, 0.5) is 0 Å². The highest BCUT2D eigenvalue weighted by Crippen LogP contribution is 2.36. The highest BCUT2D eigenvalue weighted by molar-refractivity contribution is 5.93. The number of hydrogen-bond acceptors (Lipinski definition) is 1. The molecule has 1 atom stereocenters. The summed E-state index contributed by atoms with van der Waals surface area (Å²) in [6.07, 6.45) is 6.44. The predicted octanol–water partition coefficient (Wildman–Crippen LogP) is 3.75. The Morgan fingerprint density at radius 3 is 2.67 bits per heavy atom. The van der Waals surface area contributed by atoms with Gasteiger partial charge >= 0.3 is 0 Å². The molecule has 1 aliphatic heterocycles. The van der Waals surface area contributed by atoms with E-state index in [-0.39, 0.29) is 0 Å². The van der Waals surface area contributed by atoms with Crippen LogP contribution in [0.15, 0.2) is 30.3 Å². The molecule has 0 amide bonds. The molecule has 2 aromatic rings. The molecular weight excluding hydrogens is 218 g/mol. The van der Waals surface area contributed by atoms with Crippen molar-refractivity contribution in [2.24, 2.45) is 0 Å². The number of nitrogens with one attached hydrogen (secondary N) is 1. The molecule has 0 spiro atoms. The highest BCUT2D eigenvalue weighted by Gasteiger charge is 2.21. The molecule has 1 heteroatoms. The molecule has 0 radical (unpaired) electrons. The zero-order chi connectivity index (χ0) is 11.9. The zero-order valence-corrected chi connectivity index (χ0v) is 10.7. The standard InChI is InChI=1S/C17H19N/c1-2-11-18-16(6-1)14-10-9-13-8-7-12-4-3-5-15(14)17(12)13/h3-5,9-10,16,18H,1-2,6-8,11H2. The first-order valence-electron chi connectivity index (χ1n) is 7.20. The van der Waals surface area contributed by atoms with Crippen molar-refractivity contribution < 1.29 is 0 Å². The first-order chi connectivity index (χ1) is 8.93. The Bertz CT molecular complexity index is 584. The number of hydrogen-bond donors (Lipinski definition) is 1. The Balaban J connectivity index is 1.91. The fourth-order valence-electron chi connectivity index (χ4n) is 3.69. The molecule has 1 fully saturated rings. The summed E-state index contributed by atoms with van der Waals surface area (Å²) in [6.45, 7) is 1.17. The third kappa shape index (κ3) is 1.50. The maximum atomic E-state index is 3.69. The van der Waals surface area contributed by atoms with Crippen LogP contribution in [0.5, 0.6) is 0 Å². The van der Waals surface area contributed by atoms with E-state index in [0.29, 0.717) is 6.04 Å². The van der Waals surface area contributed by atoms with E-state index in [1.165, 1.54) is 49.6 Å². The van der Waals surface area contributed by atoms with Crippen molar-refractivity contribution in [1.82, 2.24) is 5.32 Å². The van der Waals surface area contributed by atoms with E-state index in [9.17, 15) is 0 Å². The van der Waals surface area contributed by atoms with E-state index in [0.717, 1.165) is 0 Å². The van der Waals surface area contributed by atoms with Gasteiger partial charge in [0.2, 0.25) is 0 Å². The molecule has 18 heavy (non-hydrogen) atoms. The summed E-state index contributed by atoms with van der Waals surface area (Å²) in [5.74, 6) is 0. The van der Waals surface area contributed by atoms with Crippen LogP contribution >= 0.6 is 0 Å². The molecule has 0 bridgehead atoms. The lowest BCUT2D eigenvalue weighted by Gasteiger charge is -2.25. The van der Waals surface area contributed by atoms with Gasteiger partial charge in [0.05, 0.1) is 0 Å². The summed E-state index contributed by atoms with van der Waals surface area (Å²) in [5, 5.41) is 6.75. The Morgan fingerprint density at radius 1 is 0.944 bits per heavy atom. The smallest absolute Gasteiger partial charge is 0.0326 e. The third-order valence-electron chi connectivity index (χ3n) is 4.60. The molecule has 1 aliphatic carbocycles. The molecular formula is C17H19N. The summed E-state index contributed by atoms with van der Waals surface area (Å²) >= 11 is 0. The third-order valence-corrected chi connectivity index (χ3v) is 4.60. The number of aryl methyl sites for hydroxylation is 2. The summed E-state index contributed by atoms with van der Waals surface area (Å²) in [4.78, 5) is 0. The van der Waals surface area contributed by atoms with Crippen molar-refractivity contribution in [1.29, 1.82) is 0 Å². The Morgan fingerprint density at radius 2 is 1.83 bits per heavy atom. The highest BCUT2D eigenvalue weighted by atomic mass is 14.9. The Kier molecular flexibility index (Phi) is 2.41. The molecule has 1 heterocycles. The van der Waals surface area contributed by atoms with Crippen LogP contribution in [0.1, 0.15) is 42.0 Å². The van der Waals surface area contributed by atoms with Gasteiger partial charge in [-0.05, 0) is 59.7 Å². The first-order valence-corrected chi connectivity index (χ1v) is 7.20. The van der Waals surface area contributed by atoms with Gasteiger partial charge in [-0.1, -0.05) is 36.8 Å². The van der Waals surface area contributed by atoms with Gasteiger partial charge in [0.25, 0.3) is 0 Å². The van der Waals surface area contributed by atoms with Crippen LogP contribution in [-0.2, 0) is 12.8 Å². The second-order valence-electron chi connectivity index (χ2n) is 5.66. The minimum Gasteiger partial charge on any atom is -0.310 e. The first kappa shape index (κ1) is 10.6. The summed E-state index contributed by atoms with van der Waals surface area (Å²) in [6, 6.07) is 12.2. The minimum atomic E-state index is 0.573. The number of rotatable bonds is 1. The molecule has 1 nitrogen and oxygen atoms in total. The Labute approximate surface area is 108 Å². The lowest BCUT2D eigenvalue weighted by Crippen LogP contribution is -2.26. The monoisotopic (exact) mass is 237 g/mol. The zero-order valence-electron chi connectivity index (χ0n) is 10.7. The molecule has 2 aliphatic rings. The van der Waals surface area contributed by atoms with E-state index in [1.54, 1.807) is 16.5 Å². The molecule has 1 unspecified atom stereocenters. The van der Waals surface area contributed by atoms with Gasteiger partial charge in [-0.3, -0.25) is 0 Å². The lowest BCUT2D eigenvalue weighted by atomic mass is 9.91. The van der Waals surface area contributed by atoms with Gasteiger partial charge in [-0.2, -0.15) is 0 Å². The average molecular weight is 237 g/mol. The average Bonchev–Trinajstić information content (AvgIpc) is 2.86. The van der Waals surface area contributed by atoms with Crippen LogP contribution in [0.2, 0.25) is 0 Å². The largest absolute Gasteiger partial charge is 0.310 e. The number of benzene rings is 2. The fourth-order valence-corrected chi connectivity index (χ4v) is 3.69. The van der Waals surface area contributed by atoms with Gasteiger partial charge in [-0.25, -0.2) is 0 Å². The fraction of sp³-hybridized carbons (Fsp3) is 0.412. The van der Waals surface area contributed by atoms with Crippen LogP contribution in [0.3, 0.4) is 0 Å². The summed E-state index contributed by atoms with van der Waals surface area (Å²) in [5.41, 5.74) is 4.64. The maximum absolute atomic E-state index is 3.69. The van der Waals surface area contributed by atoms with Crippen LogP contribution < -0.4 is 5.32 Å². The van der Waals surface area contributed by atoms with Crippen molar-refractivity contribution in [3.05, 3.63) is 47.0 Å². The van der Waals surface area contributed by atoms with Crippen molar-refractivity contribution in [3.63, 3.8) is 0 Å². The van der Waals surface area contributed by atoms with Crippen molar-refractivity contribution in [2.45, 2.75) is 38.1 Å². The van der Waals surface area contributed by atoms with Gasteiger partial charge in [0.15, 0.2) is 0 Å². The van der Waals surface area contributed by atoms with E-state index >= 15 is 0 Å². The second kappa shape index (κ2) is 4.10. The van der Waals surface area contributed by atoms with E-state index < -0.39 is 0 Å². The van der Waals surface area contributed by atoms with Crippen LogP contribution in [-0.4, -0.2) is 6.54 Å². The molecule has 1 N–H and O–H groups in total. The second-order valence-corrected chi connectivity index (χ2v) is 5.66. The molecule has 2 aromatic carbocycles. The predicted molar refractivity (Wildman–Crippen MR) is 76.0 cm³/mol. The number of piperidine rings is 1. The Hall–Kier alpha value is -1.34. The van der Waals surface area contributed by atoms with Crippen LogP contribution in [0.25, 0.3) is 10.8 Å². The van der Waals surface area contributed by atoms with Gasteiger partial charge in [0.1, 0.15) is 0 Å². The maximum Gasteiger partial charge on any atom is 0.0326 e. The molecule has 0 aromatic heterocycles. The quantitative estimate of drug-likeness (QED) is 0.796. The summed E-state index contributed by atoms with van der Waals surface area (Å²) in [7, 11) is 0. The van der Waals surface area contributed by atoms with E-state index in [2.05, 4.69) is 35.6 Å².